The van der Waals surface area contributed by atoms with E-state index in [1.165, 1.54) is 6.07 Å². The van der Waals surface area contributed by atoms with Crippen LogP contribution in [0.15, 0.2) is 15.0 Å². The molecule has 2 N–H and O–H groups in total. The maximum Gasteiger partial charge on any atom is 0.173 e. The highest BCUT2D eigenvalue weighted by Gasteiger charge is 2.06. The van der Waals surface area contributed by atoms with Gasteiger partial charge in [0, 0.05) is 10.5 Å². The summed E-state index contributed by atoms with van der Waals surface area (Å²) in [4.78, 5) is 0. The number of phenolic OH excluding ortho intramolecular Hbond substituents is 2. The van der Waals surface area contributed by atoms with E-state index in [1.54, 1.807) is 0 Å². The lowest BCUT2D eigenvalue weighted by molar-refractivity contribution is 0.401. The summed E-state index contributed by atoms with van der Waals surface area (Å²) in [5, 5.41) is 17.9. The maximum atomic E-state index is 9.04. The van der Waals surface area contributed by atoms with Crippen LogP contribution in [0.25, 0.3) is 0 Å². The molecule has 0 unspecified atom stereocenters. The Hall–Kier alpha value is -0.220. The maximum absolute atomic E-state index is 9.04. The summed E-state index contributed by atoms with van der Waals surface area (Å²) < 4.78 is 0.996. The van der Waals surface area contributed by atoms with E-state index in [2.05, 4.69) is 37.9 Å². The van der Waals surface area contributed by atoms with Gasteiger partial charge in [0.25, 0.3) is 0 Å². The number of aromatic hydroxyl groups is 2. The lowest BCUT2D eigenvalue weighted by Crippen LogP contribution is -1.72. The zero-order valence-electron chi connectivity index (χ0n) is 4.73. The van der Waals surface area contributed by atoms with E-state index in [-0.39, 0.29) is 11.5 Å². The van der Waals surface area contributed by atoms with Gasteiger partial charge >= 0.3 is 0 Å². The van der Waals surface area contributed by atoms with Crippen LogP contribution in [0.3, 0.4) is 0 Å². The summed E-state index contributed by atoms with van der Waals surface area (Å²) in [6.07, 6.45) is 0. The Labute approximate surface area is 74.8 Å². The Morgan fingerprint density at radius 3 is 2.40 bits per heavy atom. The van der Waals surface area contributed by atoms with Crippen molar-refractivity contribution in [2.75, 3.05) is 0 Å². The van der Waals surface area contributed by atoms with Gasteiger partial charge in [-0.2, -0.15) is 0 Å². The molecule has 2 nitrogen and oxygen atoms in total. The number of hydrogen-bond acceptors (Lipinski definition) is 2. The average molecular weight is 267 g/mol. The van der Waals surface area contributed by atoms with Gasteiger partial charge in [0.1, 0.15) is 0 Å². The Morgan fingerprint density at radius 2 is 1.90 bits per heavy atom. The normalized spacial score (nSPS) is 9.80. The minimum atomic E-state index is -0.185. The van der Waals surface area contributed by atoms with Gasteiger partial charge in [-0.1, -0.05) is 0 Å². The van der Waals surface area contributed by atoms with E-state index in [1.807, 2.05) is 0 Å². The summed E-state index contributed by atoms with van der Waals surface area (Å²) in [6, 6.07) is 3.95. The van der Waals surface area contributed by atoms with Gasteiger partial charge in [0.2, 0.25) is 0 Å². The molecule has 0 atom stereocenters. The van der Waals surface area contributed by atoms with Gasteiger partial charge in [-0.25, -0.2) is 0 Å². The highest BCUT2D eigenvalue weighted by molar-refractivity contribution is 9.13. The second kappa shape index (κ2) is 2.80. The van der Waals surface area contributed by atoms with Crippen LogP contribution in [0.1, 0.15) is 0 Å². The van der Waals surface area contributed by atoms with E-state index in [9.17, 15) is 0 Å². The number of hydrogen-bond donors (Lipinski definition) is 2. The molecule has 53 valence electrons. The van der Waals surface area contributed by atoms with Crippen molar-refractivity contribution >= 4 is 31.9 Å². The molecule has 1 rings (SSSR count). The molecule has 10 heavy (non-hydrogen) atoms. The molecule has 0 aliphatic carbocycles. The van der Waals surface area contributed by atoms with Crippen LogP contribution in [0.2, 0.25) is 0 Å². The van der Waals surface area contributed by atoms with Gasteiger partial charge in [0.05, 0.1) is 4.47 Å². The molecule has 0 heterocycles. The van der Waals surface area contributed by atoms with Crippen molar-refractivity contribution in [1.29, 1.82) is 0 Å². The summed E-state index contributed by atoms with van der Waals surface area (Å²) in [6.45, 7) is 0. The first kappa shape index (κ1) is 7.88. The molecule has 0 aromatic heterocycles. The topological polar surface area (TPSA) is 40.5 Å². The van der Waals surface area contributed by atoms with E-state index in [0.29, 0.717) is 8.95 Å². The van der Waals surface area contributed by atoms with E-state index in [0.717, 1.165) is 0 Å². The van der Waals surface area contributed by atoms with Crippen molar-refractivity contribution in [3.8, 4) is 11.5 Å². The minimum Gasteiger partial charge on any atom is -0.504 e. The second-order valence-corrected chi connectivity index (χ2v) is 3.24. The van der Waals surface area contributed by atoms with Crippen molar-refractivity contribution in [1.82, 2.24) is 0 Å². The van der Waals surface area contributed by atoms with Crippen molar-refractivity contribution in [2.24, 2.45) is 0 Å². The molecule has 0 fully saturated rings. The minimum absolute atomic E-state index is 0.175. The predicted molar refractivity (Wildman–Crippen MR) is 44.0 cm³/mol. The van der Waals surface area contributed by atoms with Gasteiger partial charge < -0.3 is 10.2 Å². The molecule has 1 aromatic rings. The molecular weight excluding hydrogens is 264 g/mol. The number of phenols is 2. The van der Waals surface area contributed by atoms with E-state index in [4.69, 9.17) is 10.2 Å². The fraction of sp³-hybridized carbons (Fsp3) is 0. The van der Waals surface area contributed by atoms with Crippen molar-refractivity contribution < 1.29 is 10.2 Å². The molecule has 0 saturated heterocycles. The zero-order valence-corrected chi connectivity index (χ0v) is 7.90. The van der Waals surface area contributed by atoms with Crippen LogP contribution < -0.4 is 0 Å². The number of halogens is 2. The smallest absolute Gasteiger partial charge is 0.173 e. The average Bonchev–Trinajstić information content (AvgIpc) is 1.93. The molecule has 0 aliphatic rings. The third-order valence-electron chi connectivity index (χ3n) is 0.979. The van der Waals surface area contributed by atoms with Crippen molar-refractivity contribution in [3.63, 3.8) is 0 Å². The Bertz CT molecular complexity index is 233. The van der Waals surface area contributed by atoms with Crippen molar-refractivity contribution in [3.05, 3.63) is 21.1 Å². The summed E-state index contributed by atoms with van der Waals surface area (Å²) in [5.74, 6) is -0.360. The molecular formula is C6H3Br2O2. The van der Waals surface area contributed by atoms with Crippen LogP contribution >= 0.6 is 31.9 Å². The van der Waals surface area contributed by atoms with Gasteiger partial charge in [-0.3, -0.25) is 0 Å². The summed E-state index contributed by atoms with van der Waals surface area (Å²) in [5.41, 5.74) is 0. The quantitative estimate of drug-likeness (QED) is 0.708. The third-order valence-corrected chi connectivity index (χ3v) is 2.91. The lowest BCUT2D eigenvalue weighted by Gasteiger charge is -1.99. The molecule has 4 heteroatoms. The highest BCUT2D eigenvalue weighted by Crippen LogP contribution is 2.37. The Balaban J connectivity index is 3.34. The van der Waals surface area contributed by atoms with Crippen LogP contribution in [0.4, 0.5) is 0 Å². The van der Waals surface area contributed by atoms with Gasteiger partial charge in [0.15, 0.2) is 11.5 Å². The molecule has 1 aromatic carbocycles. The van der Waals surface area contributed by atoms with Crippen LogP contribution in [0, 0.1) is 6.07 Å². The molecule has 0 spiro atoms. The highest BCUT2D eigenvalue weighted by atomic mass is 79.9. The fourth-order valence-corrected chi connectivity index (χ4v) is 1.10. The number of rotatable bonds is 0. The fourth-order valence-electron chi connectivity index (χ4n) is 0.480. The summed E-state index contributed by atoms with van der Waals surface area (Å²) >= 11 is 6.15. The second-order valence-electron chi connectivity index (χ2n) is 1.65. The van der Waals surface area contributed by atoms with Gasteiger partial charge in [-0.15, -0.1) is 0 Å². The van der Waals surface area contributed by atoms with Gasteiger partial charge in [-0.05, 0) is 37.9 Å². The first-order chi connectivity index (χ1) is 4.63. The predicted octanol–water partition coefficient (Wildman–Crippen LogP) is 2.42. The van der Waals surface area contributed by atoms with Crippen LogP contribution in [0.5, 0.6) is 11.5 Å². The Kier molecular flexibility index (Phi) is 2.21. The molecule has 0 bridgehead atoms. The first-order valence-electron chi connectivity index (χ1n) is 2.40. The van der Waals surface area contributed by atoms with Crippen molar-refractivity contribution in [2.45, 2.75) is 0 Å². The van der Waals surface area contributed by atoms with E-state index < -0.39 is 0 Å². The third kappa shape index (κ3) is 1.27. The lowest BCUT2D eigenvalue weighted by atomic mass is 10.3. The van der Waals surface area contributed by atoms with E-state index >= 15 is 0 Å². The van der Waals surface area contributed by atoms with Crippen LogP contribution in [-0.4, -0.2) is 10.2 Å². The molecule has 1 radical (unpaired) electrons. The number of benzene rings is 1. The standard InChI is InChI=1S/C6H3Br2O2/c7-3-1-2-4(9)6(10)5(3)8/h2,9-10H. The first-order valence-corrected chi connectivity index (χ1v) is 3.99. The molecule has 0 aliphatic heterocycles. The largest absolute Gasteiger partial charge is 0.504 e. The van der Waals surface area contributed by atoms with Crippen LogP contribution in [-0.2, 0) is 0 Å². The molecule has 0 amide bonds. The SMILES string of the molecule is Oc1c[c]c(Br)c(Br)c1O. The summed E-state index contributed by atoms with van der Waals surface area (Å²) in [7, 11) is 0. The monoisotopic (exact) mass is 265 g/mol. The zero-order chi connectivity index (χ0) is 7.72. The Morgan fingerprint density at radius 1 is 1.30 bits per heavy atom. The molecule has 0 saturated carbocycles.